The van der Waals surface area contributed by atoms with Gasteiger partial charge >= 0.3 is 0 Å². The van der Waals surface area contributed by atoms with E-state index < -0.39 is 23.5 Å². The number of benzene rings is 1. The lowest BCUT2D eigenvalue weighted by atomic mass is 9.96. The van der Waals surface area contributed by atoms with Crippen molar-refractivity contribution >= 4 is 11.7 Å². The van der Waals surface area contributed by atoms with Crippen LogP contribution in [0.2, 0.25) is 0 Å². The average Bonchev–Trinajstić information content (AvgIpc) is 3.08. The molecule has 0 saturated heterocycles. The van der Waals surface area contributed by atoms with Crippen LogP contribution in [0.3, 0.4) is 0 Å². The summed E-state index contributed by atoms with van der Waals surface area (Å²) in [5.74, 6) is -1.93. The Morgan fingerprint density at radius 2 is 2.00 bits per heavy atom. The van der Waals surface area contributed by atoms with Gasteiger partial charge in [-0.1, -0.05) is 12.1 Å². The Hall–Kier alpha value is -3.02. The van der Waals surface area contributed by atoms with Gasteiger partial charge in [-0.2, -0.15) is 0 Å². The molecule has 1 amide bonds. The molecular formula is C15H11NO5. The minimum atomic E-state index is -0.831. The van der Waals surface area contributed by atoms with Crippen molar-refractivity contribution < 1.29 is 24.2 Å². The van der Waals surface area contributed by atoms with Gasteiger partial charge in [0.15, 0.2) is 11.5 Å². The summed E-state index contributed by atoms with van der Waals surface area (Å²) >= 11 is 0. The summed E-state index contributed by atoms with van der Waals surface area (Å²) in [5, 5.41) is 21.9. The molecule has 0 saturated carbocycles. The molecule has 1 aliphatic heterocycles. The summed E-state index contributed by atoms with van der Waals surface area (Å²) in [5.41, 5.74) is 0.392. The molecule has 2 aromatic rings. The SMILES string of the molecule is O=C1N[C@@H](c2cccc(O)c2)C(C(=O)c2ccco2)=C1O. The first-order valence-electron chi connectivity index (χ1n) is 6.19. The first-order chi connectivity index (χ1) is 10.1. The monoisotopic (exact) mass is 285 g/mol. The second-order valence-corrected chi connectivity index (χ2v) is 4.57. The van der Waals surface area contributed by atoms with E-state index in [1.807, 2.05) is 0 Å². The van der Waals surface area contributed by atoms with Crippen molar-refractivity contribution in [3.8, 4) is 5.75 Å². The number of rotatable bonds is 3. The van der Waals surface area contributed by atoms with Crippen molar-refractivity contribution in [2.45, 2.75) is 6.04 Å². The Morgan fingerprint density at radius 1 is 1.19 bits per heavy atom. The number of nitrogens with one attached hydrogen (secondary N) is 1. The third-order valence-electron chi connectivity index (χ3n) is 3.23. The van der Waals surface area contributed by atoms with E-state index >= 15 is 0 Å². The second-order valence-electron chi connectivity index (χ2n) is 4.57. The fourth-order valence-corrected chi connectivity index (χ4v) is 2.26. The highest BCUT2D eigenvalue weighted by Gasteiger charge is 2.38. The van der Waals surface area contributed by atoms with Crippen LogP contribution in [0.15, 0.2) is 58.4 Å². The summed E-state index contributed by atoms with van der Waals surface area (Å²) in [7, 11) is 0. The zero-order valence-electron chi connectivity index (χ0n) is 10.7. The third-order valence-corrected chi connectivity index (χ3v) is 3.23. The highest BCUT2D eigenvalue weighted by atomic mass is 16.3. The molecule has 1 atom stereocenters. The Labute approximate surface area is 119 Å². The Balaban J connectivity index is 2.06. The van der Waals surface area contributed by atoms with E-state index in [2.05, 4.69) is 5.32 Å². The van der Waals surface area contributed by atoms with Crippen LogP contribution in [0.5, 0.6) is 5.75 Å². The van der Waals surface area contributed by atoms with Gasteiger partial charge in [0.25, 0.3) is 5.91 Å². The van der Waals surface area contributed by atoms with Crippen molar-refractivity contribution in [3.05, 3.63) is 65.3 Å². The molecule has 3 rings (SSSR count). The van der Waals surface area contributed by atoms with Crippen LogP contribution >= 0.6 is 0 Å². The van der Waals surface area contributed by atoms with Gasteiger partial charge in [0.05, 0.1) is 17.9 Å². The summed E-state index contributed by atoms with van der Waals surface area (Å²) in [4.78, 5) is 24.0. The minimum absolute atomic E-state index is 0.00191. The molecule has 6 heteroatoms. The number of aliphatic hydroxyl groups is 1. The maximum atomic E-state index is 12.4. The number of carbonyl (C=O) groups is 2. The topological polar surface area (TPSA) is 99.8 Å². The molecule has 21 heavy (non-hydrogen) atoms. The molecule has 3 N–H and O–H groups in total. The predicted molar refractivity (Wildman–Crippen MR) is 71.7 cm³/mol. The number of phenolic OH excluding ortho intramolecular Hbond substituents is 1. The number of amides is 1. The van der Waals surface area contributed by atoms with Gasteiger partial charge in [0, 0.05) is 0 Å². The van der Waals surface area contributed by atoms with E-state index in [0.29, 0.717) is 5.56 Å². The number of hydrogen-bond donors (Lipinski definition) is 3. The first-order valence-corrected chi connectivity index (χ1v) is 6.19. The van der Waals surface area contributed by atoms with Crippen LogP contribution in [0.1, 0.15) is 22.2 Å². The van der Waals surface area contributed by atoms with Crippen LogP contribution in [0, 0.1) is 0 Å². The molecule has 1 aromatic carbocycles. The lowest BCUT2D eigenvalue weighted by molar-refractivity contribution is -0.119. The van der Waals surface area contributed by atoms with Gasteiger partial charge in [-0.05, 0) is 29.8 Å². The number of Topliss-reactive ketones (excluding diaryl/α,β-unsaturated/α-hetero) is 1. The van der Waals surface area contributed by atoms with E-state index in [9.17, 15) is 19.8 Å². The van der Waals surface area contributed by atoms with Crippen LogP contribution in [-0.2, 0) is 4.79 Å². The van der Waals surface area contributed by atoms with Gasteiger partial charge < -0.3 is 19.9 Å². The molecule has 0 bridgehead atoms. The maximum Gasteiger partial charge on any atom is 0.287 e. The van der Waals surface area contributed by atoms with Crippen LogP contribution < -0.4 is 5.32 Å². The van der Waals surface area contributed by atoms with Crippen molar-refractivity contribution in [2.24, 2.45) is 0 Å². The van der Waals surface area contributed by atoms with Gasteiger partial charge in [-0.15, -0.1) is 0 Å². The number of phenols is 1. The van der Waals surface area contributed by atoms with E-state index in [4.69, 9.17) is 4.42 Å². The Bertz CT molecular complexity index is 745. The number of aromatic hydroxyl groups is 1. The molecule has 6 nitrogen and oxygen atoms in total. The minimum Gasteiger partial charge on any atom is -0.508 e. The second kappa shape index (κ2) is 4.82. The smallest absolute Gasteiger partial charge is 0.287 e. The fraction of sp³-hybridized carbons (Fsp3) is 0.0667. The molecule has 1 aliphatic rings. The molecule has 2 heterocycles. The summed E-state index contributed by atoms with van der Waals surface area (Å²) < 4.78 is 5.02. The van der Waals surface area contributed by atoms with Crippen molar-refractivity contribution in [1.82, 2.24) is 5.32 Å². The lowest BCUT2D eigenvalue weighted by Gasteiger charge is -2.14. The van der Waals surface area contributed by atoms with Gasteiger partial charge in [-0.25, -0.2) is 0 Å². The number of ketones is 1. The normalized spacial score (nSPS) is 17.9. The van der Waals surface area contributed by atoms with Gasteiger partial charge in [0.1, 0.15) is 5.75 Å². The summed E-state index contributed by atoms with van der Waals surface area (Å²) in [6.45, 7) is 0. The van der Waals surface area contributed by atoms with Gasteiger partial charge in [-0.3, -0.25) is 9.59 Å². The summed E-state index contributed by atoms with van der Waals surface area (Å²) in [6, 6.07) is 8.27. The molecule has 0 radical (unpaired) electrons. The van der Waals surface area contributed by atoms with Crippen LogP contribution in [-0.4, -0.2) is 21.9 Å². The van der Waals surface area contributed by atoms with E-state index in [-0.39, 0.29) is 17.1 Å². The largest absolute Gasteiger partial charge is 0.508 e. The molecule has 0 fully saturated rings. The quantitative estimate of drug-likeness (QED) is 0.747. The zero-order chi connectivity index (χ0) is 15.0. The summed E-state index contributed by atoms with van der Waals surface area (Å²) in [6.07, 6.45) is 1.33. The number of furan rings is 1. The average molecular weight is 285 g/mol. The number of aliphatic hydroxyl groups excluding tert-OH is 1. The Morgan fingerprint density at radius 3 is 2.67 bits per heavy atom. The Kier molecular flexibility index (Phi) is 2.98. The predicted octanol–water partition coefficient (Wildman–Crippen LogP) is 1.85. The van der Waals surface area contributed by atoms with E-state index in [1.165, 1.54) is 24.5 Å². The van der Waals surface area contributed by atoms with E-state index in [0.717, 1.165) is 0 Å². The highest BCUT2D eigenvalue weighted by molar-refractivity contribution is 6.14. The van der Waals surface area contributed by atoms with Crippen molar-refractivity contribution in [3.63, 3.8) is 0 Å². The molecule has 0 unspecified atom stereocenters. The number of hydrogen-bond acceptors (Lipinski definition) is 5. The number of carbonyl (C=O) groups excluding carboxylic acids is 2. The van der Waals surface area contributed by atoms with Crippen LogP contribution in [0.25, 0.3) is 0 Å². The highest BCUT2D eigenvalue weighted by Crippen LogP contribution is 2.33. The molecule has 1 aromatic heterocycles. The van der Waals surface area contributed by atoms with Crippen LogP contribution in [0.4, 0.5) is 0 Å². The molecule has 0 spiro atoms. The first kappa shape index (κ1) is 13.0. The lowest BCUT2D eigenvalue weighted by Crippen LogP contribution is -2.23. The third kappa shape index (κ3) is 2.16. The molecule has 0 aliphatic carbocycles. The zero-order valence-corrected chi connectivity index (χ0v) is 10.7. The van der Waals surface area contributed by atoms with Crippen molar-refractivity contribution in [1.29, 1.82) is 0 Å². The molecule has 106 valence electrons. The standard InChI is InChI=1S/C15H11NO5/c17-9-4-1-3-8(7-9)12-11(14(19)15(20)16-12)13(18)10-5-2-6-21-10/h1-7,12,17,19H,(H,16,20)/t12-/m0/s1. The van der Waals surface area contributed by atoms with Crippen molar-refractivity contribution in [2.75, 3.05) is 0 Å². The fourth-order valence-electron chi connectivity index (χ4n) is 2.26. The maximum absolute atomic E-state index is 12.4. The van der Waals surface area contributed by atoms with E-state index in [1.54, 1.807) is 18.2 Å². The van der Waals surface area contributed by atoms with Gasteiger partial charge in [0.2, 0.25) is 5.78 Å². The molecular weight excluding hydrogens is 274 g/mol.